The molecule has 0 radical (unpaired) electrons. The molecule has 0 aliphatic rings. The van der Waals surface area contributed by atoms with E-state index in [9.17, 15) is 9.59 Å². The summed E-state index contributed by atoms with van der Waals surface area (Å²) in [5.41, 5.74) is 3.28. The molecule has 2 rings (SSSR count). The van der Waals surface area contributed by atoms with Crippen LogP contribution in [0.3, 0.4) is 0 Å². The van der Waals surface area contributed by atoms with Crippen molar-refractivity contribution in [2.24, 2.45) is 5.10 Å². The Balaban J connectivity index is 1.95. The van der Waals surface area contributed by atoms with E-state index in [1.807, 2.05) is 0 Å². The number of nitrogens with one attached hydrogen (secondary N) is 2. The van der Waals surface area contributed by atoms with E-state index in [0.717, 1.165) is 0 Å². The third-order valence-electron chi connectivity index (χ3n) is 4.15. The van der Waals surface area contributed by atoms with Crippen LogP contribution in [-0.2, 0) is 4.79 Å². The van der Waals surface area contributed by atoms with Crippen molar-refractivity contribution in [2.45, 2.75) is 0 Å². The molecule has 0 saturated carbocycles. The minimum Gasteiger partial charge on any atom is -0.493 e. The molecule has 2 N–H and O–H groups in total. The zero-order valence-electron chi connectivity index (χ0n) is 18.0. The first-order valence-corrected chi connectivity index (χ1v) is 9.09. The average Bonchev–Trinajstić information content (AvgIpc) is 2.81. The second kappa shape index (κ2) is 11.3. The van der Waals surface area contributed by atoms with Crippen LogP contribution >= 0.6 is 0 Å². The van der Waals surface area contributed by atoms with Gasteiger partial charge in [-0.3, -0.25) is 9.59 Å². The van der Waals surface area contributed by atoms with E-state index >= 15 is 0 Å². The molecular weight excluding hydrogens is 406 g/mol. The molecule has 0 aliphatic carbocycles. The summed E-state index contributed by atoms with van der Waals surface area (Å²) in [7, 11) is 7.48. The van der Waals surface area contributed by atoms with Crippen molar-refractivity contribution in [3.05, 3.63) is 41.5 Å². The smallest absolute Gasteiger partial charge is 0.259 e. The first kappa shape index (κ1) is 23.3. The van der Waals surface area contributed by atoms with Crippen molar-refractivity contribution in [2.75, 3.05) is 42.1 Å². The summed E-state index contributed by atoms with van der Waals surface area (Å²) >= 11 is 0. The molecule has 0 bridgehead atoms. The molecule has 10 nitrogen and oxygen atoms in total. The van der Waals surface area contributed by atoms with Crippen molar-refractivity contribution in [1.29, 1.82) is 0 Å². The van der Waals surface area contributed by atoms with E-state index < -0.39 is 11.8 Å². The Hall–Kier alpha value is -3.95. The highest BCUT2D eigenvalue weighted by atomic mass is 16.5. The van der Waals surface area contributed by atoms with Crippen molar-refractivity contribution in [1.82, 2.24) is 10.7 Å². The zero-order valence-corrected chi connectivity index (χ0v) is 18.0. The van der Waals surface area contributed by atoms with Gasteiger partial charge in [0.15, 0.2) is 23.0 Å². The molecule has 0 aromatic heterocycles. The lowest BCUT2D eigenvalue weighted by Gasteiger charge is -2.12. The lowest BCUT2D eigenvalue weighted by Crippen LogP contribution is -2.34. The summed E-state index contributed by atoms with van der Waals surface area (Å²) in [6.07, 6.45) is 1.42. The molecule has 0 saturated heterocycles. The zero-order chi connectivity index (χ0) is 22.8. The predicted molar refractivity (Wildman–Crippen MR) is 114 cm³/mol. The summed E-state index contributed by atoms with van der Waals surface area (Å²) < 4.78 is 26.1. The molecular formula is C21H25N3O7. The molecule has 31 heavy (non-hydrogen) atoms. The number of rotatable bonds is 10. The SMILES string of the molecule is COc1ccc(C(=O)NCC(=O)NN=Cc2cc(OC)c(OC)c(OC)c2)cc1OC. The van der Waals surface area contributed by atoms with Crippen LogP contribution in [0.4, 0.5) is 0 Å². The van der Waals surface area contributed by atoms with Crippen LogP contribution in [0.25, 0.3) is 0 Å². The van der Waals surface area contributed by atoms with Crippen LogP contribution in [0.2, 0.25) is 0 Å². The topological polar surface area (TPSA) is 117 Å². The van der Waals surface area contributed by atoms with Gasteiger partial charge in [0.25, 0.3) is 11.8 Å². The number of hydrazone groups is 1. The van der Waals surface area contributed by atoms with Gasteiger partial charge in [0.1, 0.15) is 0 Å². The van der Waals surface area contributed by atoms with Crippen LogP contribution in [0.1, 0.15) is 15.9 Å². The maximum Gasteiger partial charge on any atom is 0.259 e. The fraction of sp³-hybridized carbons (Fsp3) is 0.286. The van der Waals surface area contributed by atoms with E-state index in [0.29, 0.717) is 39.9 Å². The number of methoxy groups -OCH3 is 5. The quantitative estimate of drug-likeness (QED) is 0.434. The van der Waals surface area contributed by atoms with Crippen LogP contribution in [-0.4, -0.2) is 60.1 Å². The fourth-order valence-electron chi connectivity index (χ4n) is 2.63. The minimum absolute atomic E-state index is 0.264. The normalized spacial score (nSPS) is 10.4. The highest BCUT2D eigenvalue weighted by molar-refractivity contribution is 5.97. The number of carbonyl (C=O) groups excluding carboxylic acids is 2. The number of nitrogens with zero attached hydrogens (tertiary/aromatic N) is 1. The lowest BCUT2D eigenvalue weighted by molar-refractivity contribution is -0.120. The van der Waals surface area contributed by atoms with Crippen molar-refractivity contribution >= 4 is 18.0 Å². The second-order valence-corrected chi connectivity index (χ2v) is 6.00. The molecule has 10 heteroatoms. The van der Waals surface area contributed by atoms with Gasteiger partial charge in [-0.2, -0.15) is 5.10 Å². The van der Waals surface area contributed by atoms with Gasteiger partial charge in [0.05, 0.1) is 48.3 Å². The number of benzene rings is 2. The van der Waals surface area contributed by atoms with Gasteiger partial charge in [0, 0.05) is 11.1 Å². The van der Waals surface area contributed by atoms with Gasteiger partial charge in [-0.05, 0) is 30.3 Å². The molecule has 0 aliphatic heterocycles. The molecule has 0 atom stereocenters. The Morgan fingerprint density at radius 1 is 0.839 bits per heavy atom. The highest BCUT2D eigenvalue weighted by Gasteiger charge is 2.13. The first-order chi connectivity index (χ1) is 15.0. The Morgan fingerprint density at radius 3 is 2.00 bits per heavy atom. The van der Waals surface area contributed by atoms with Crippen LogP contribution in [0.15, 0.2) is 35.4 Å². The Bertz CT molecular complexity index is 935. The number of hydrogen-bond acceptors (Lipinski definition) is 8. The van der Waals surface area contributed by atoms with E-state index in [2.05, 4.69) is 15.8 Å². The Kier molecular flexibility index (Phi) is 8.50. The van der Waals surface area contributed by atoms with Crippen molar-refractivity contribution in [3.8, 4) is 28.7 Å². The van der Waals surface area contributed by atoms with E-state index in [1.165, 1.54) is 47.8 Å². The monoisotopic (exact) mass is 431 g/mol. The molecule has 2 aromatic rings. The van der Waals surface area contributed by atoms with Crippen molar-refractivity contribution < 1.29 is 33.3 Å². The van der Waals surface area contributed by atoms with Crippen LogP contribution in [0.5, 0.6) is 28.7 Å². The Morgan fingerprint density at radius 2 is 1.45 bits per heavy atom. The molecule has 0 fully saturated rings. The summed E-state index contributed by atoms with van der Waals surface area (Å²) in [6, 6.07) is 8.05. The number of hydrogen-bond donors (Lipinski definition) is 2. The minimum atomic E-state index is -0.502. The molecule has 2 amide bonds. The third-order valence-corrected chi connectivity index (χ3v) is 4.15. The highest BCUT2D eigenvalue weighted by Crippen LogP contribution is 2.37. The Labute approximate surface area is 180 Å². The molecule has 0 unspecified atom stereocenters. The van der Waals surface area contributed by atoms with Gasteiger partial charge >= 0.3 is 0 Å². The average molecular weight is 431 g/mol. The van der Waals surface area contributed by atoms with E-state index in [4.69, 9.17) is 23.7 Å². The van der Waals surface area contributed by atoms with Gasteiger partial charge < -0.3 is 29.0 Å². The number of amides is 2. The number of carbonyl (C=O) groups is 2. The predicted octanol–water partition coefficient (Wildman–Crippen LogP) is 1.61. The number of ether oxygens (including phenoxy) is 5. The van der Waals surface area contributed by atoms with Gasteiger partial charge in [-0.15, -0.1) is 0 Å². The van der Waals surface area contributed by atoms with Gasteiger partial charge in [-0.1, -0.05) is 0 Å². The van der Waals surface area contributed by atoms with Crippen molar-refractivity contribution in [3.63, 3.8) is 0 Å². The summed E-state index contributed by atoms with van der Waals surface area (Å²) in [5.74, 6) is 1.33. The lowest BCUT2D eigenvalue weighted by atomic mass is 10.2. The third kappa shape index (κ3) is 6.01. The largest absolute Gasteiger partial charge is 0.493 e. The summed E-state index contributed by atoms with van der Waals surface area (Å²) in [5, 5.41) is 6.39. The van der Waals surface area contributed by atoms with Gasteiger partial charge in [0.2, 0.25) is 5.75 Å². The van der Waals surface area contributed by atoms with Crippen LogP contribution in [0, 0.1) is 0 Å². The maximum atomic E-state index is 12.2. The maximum absolute atomic E-state index is 12.2. The van der Waals surface area contributed by atoms with E-state index in [-0.39, 0.29) is 6.54 Å². The molecule has 0 spiro atoms. The molecule has 0 heterocycles. The molecule has 2 aromatic carbocycles. The standard InChI is InChI=1S/C21H25N3O7/c1-27-15-7-6-14(10-16(15)28-2)21(26)22-12-19(25)24-23-11-13-8-17(29-3)20(31-5)18(9-13)30-4/h6-11H,12H2,1-5H3,(H,22,26)(H,24,25). The van der Waals surface area contributed by atoms with Crippen LogP contribution < -0.4 is 34.4 Å². The first-order valence-electron chi connectivity index (χ1n) is 9.09. The van der Waals surface area contributed by atoms with E-state index in [1.54, 1.807) is 24.3 Å². The van der Waals surface area contributed by atoms with Gasteiger partial charge in [-0.25, -0.2) is 5.43 Å². The summed E-state index contributed by atoms with van der Waals surface area (Å²) in [4.78, 5) is 24.2. The summed E-state index contributed by atoms with van der Waals surface area (Å²) in [6.45, 7) is -0.264. The molecule has 166 valence electrons. The second-order valence-electron chi connectivity index (χ2n) is 6.00. The fourth-order valence-corrected chi connectivity index (χ4v) is 2.63.